The average Bonchev–Trinajstić information content (AvgIpc) is 2.29. The van der Waals surface area contributed by atoms with Crippen molar-refractivity contribution in [1.82, 2.24) is 0 Å². The average molecular weight is 277 g/mol. The van der Waals surface area contributed by atoms with Crippen molar-refractivity contribution in [3.8, 4) is 0 Å². The Morgan fingerprint density at radius 1 is 1.33 bits per heavy atom. The minimum Gasteiger partial charge on any atom is -0.399 e. The van der Waals surface area contributed by atoms with Crippen LogP contribution in [0.1, 0.15) is 31.4 Å². The molecule has 0 aliphatic rings. The molecule has 102 valence electrons. The molecule has 0 aliphatic carbocycles. The lowest BCUT2D eigenvalue weighted by molar-refractivity contribution is -0.138. The maximum Gasteiger partial charge on any atom is 0.416 e. The molecule has 1 unspecified atom stereocenters. The number of nitrogens with two attached hydrogens (primary N) is 1. The van der Waals surface area contributed by atoms with E-state index in [1.54, 1.807) is 0 Å². The zero-order chi connectivity index (χ0) is 13.8. The molecule has 1 atom stereocenters. The van der Waals surface area contributed by atoms with E-state index in [0.717, 1.165) is 18.2 Å². The molecule has 0 saturated carbocycles. The Morgan fingerprint density at radius 3 is 2.56 bits per heavy atom. The van der Waals surface area contributed by atoms with Gasteiger partial charge in [0, 0.05) is 11.4 Å². The number of hydrogen-bond acceptors (Lipinski definition) is 2. The predicted molar refractivity (Wildman–Crippen MR) is 71.5 cm³/mol. The standard InChI is InChI=1S/C13H18F3NS/c1-3-9(2)7-18-8-10-4-5-11(17)6-12(10)13(14,15)16/h4-6,9H,3,7-8,17H2,1-2H3. The van der Waals surface area contributed by atoms with Crippen molar-refractivity contribution in [2.75, 3.05) is 11.5 Å². The fourth-order valence-corrected chi connectivity index (χ4v) is 2.70. The first-order valence-corrected chi connectivity index (χ1v) is 7.03. The zero-order valence-corrected chi connectivity index (χ0v) is 11.4. The van der Waals surface area contributed by atoms with Crippen molar-refractivity contribution >= 4 is 17.4 Å². The van der Waals surface area contributed by atoms with E-state index < -0.39 is 11.7 Å². The SMILES string of the molecule is CCC(C)CSCc1ccc(N)cc1C(F)(F)F. The lowest BCUT2D eigenvalue weighted by Gasteiger charge is -2.14. The molecular weight excluding hydrogens is 259 g/mol. The van der Waals surface area contributed by atoms with Gasteiger partial charge >= 0.3 is 6.18 Å². The van der Waals surface area contributed by atoms with Gasteiger partial charge < -0.3 is 5.73 Å². The van der Waals surface area contributed by atoms with Crippen LogP contribution in [0.5, 0.6) is 0 Å². The molecule has 2 N–H and O–H groups in total. The lowest BCUT2D eigenvalue weighted by atomic mass is 10.1. The maximum absolute atomic E-state index is 12.8. The van der Waals surface area contributed by atoms with Crippen LogP contribution in [0.2, 0.25) is 0 Å². The maximum atomic E-state index is 12.8. The van der Waals surface area contributed by atoms with E-state index in [1.807, 2.05) is 0 Å². The quantitative estimate of drug-likeness (QED) is 0.798. The van der Waals surface area contributed by atoms with Gasteiger partial charge in [0.1, 0.15) is 0 Å². The molecule has 18 heavy (non-hydrogen) atoms. The van der Waals surface area contributed by atoms with Gasteiger partial charge in [-0.2, -0.15) is 24.9 Å². The molecule has 0 fully saturated rings. The Bertz CT molecular complexity index is 390. The molecule has 1 rings (SSSR count). The van der Waals surface area contributed by atoms with Gasteiger partial charge in [0.2, 0.25) is 0 Å². The third kappa shape index (κ3) is 4.44. The van der Waals surface area contributed by atoms with Crippen LogP contribution in [0.4, 0.5) is 18.9 Å². The molecule has 0 radical (unpaired) electrons. The first-order valence-electron chi connectivity index (χ1n) is 5.88. The predicted octanol–water partition coefficient (Wildman–Crippen LogP) is 4.57. The molecule has 1 aromatic rings. The molecule has 0 amide bonds. The van der Waals surface area contributed by atoms with E-state index in [4.69, 9.17) is 5.73 Å². The first kappa shape index (κ1) is 15.2. The van der Waals surface area contributed by atoms with Crippen LogP contribution in [0.3, 0.4) is 0 Å². The van der Waals surface area contributed by atoms with Crippen molar-refractivity contribution in [2.45, 2.75) is 32.2 Å². The second kappa shape index (κ2) is 6.36. The summed E-state index contributed by atoms with van der Waals surface area (Å²) in [6, 6.07) is 4.01. The number of benzene rings is 1. The number of alkyl halides is 3. The summed E-state index contributed by atoms with van der Waals surface area (Å²) in [6.45, 7) is 4.18. The molecule has 5 heteroatoms. The number of anilines is 1. The largest absolute Gasteiger partial charge is 0.416 e. The van der Waals surface area contributed by atoms with E-state index in [0.29, 0.717) is 17.2 Å². The second-order valence-corrected chi connectivity index (χ2v) is 5.47. The molecule has 1 nitrogen and oxygen atoms in total. The summed E-state index contributed by atoms with van der Waals surface area (Å²) < 4.78 is 38.4. The molecular formula is C13H18F3NS. The normalized spacial score (nSPS) is 13.6. The Labute approximate surface area is 110 Å². The minimum absolute atomic E-state index is 0.151. The molecule has 1 aromatic carbocycles. The highest BCUT2D eigenvalue weighted by molar-refractivity contribution is 7.98. The van der Waals surface area contributed by atoms with Crippen molar-refractivity contribution in [3.05, 3.63) is 29.3 Å². The minimum atomic E-state index is -4.33. The molecule has 0 aliphatic heterocycles. The number of rotatable bonds is 5. The fourth-order valence-electron chi connectivity index (χ4n) is 1.47. The summed E-state index contributed by atoms with van der Waals surface area (Å²) in [5.41, 5.74) is 5.27. The van der Waals surface area contributed by atoms with Crippen molar-refractivity contribution < 1.29 is 13.2 Å². The van der Waals surface area contributed by atoms with Gasteiger partial charge in [-0.3, -0.25) is 0 Å². The van der Waals surface area contributed by atoms with Gasteiger partial charge in [-0.25, -0.2) is 0 Å². The smallest absolute Gasteiger partial charge is 0.399 e. The van der Waals surface area contributed by atoms with Crippen molar-refractivity contribution in [3.63, 3.8) is 0 Å². The van der Waals surface area contributed by atoms with Crippen LogP contribution in [0.25, 0.3) is 0 Å². The Morgan fingerprint density at radius 2 is 2.00 bits per heavy atom. The van der Waals surface area contributed by atoms with Gasteiger partial charge in [-0.15, -0.1) is 0 Å². The van der Waals surface area contributed by atoms with E-state index in [-0.39, 0.29) is 5.69 Å². The molecule has 0 aromatic heterocycles. The summed E-state index contributed by atoms with van der Waals surface area (Å²) in [5, 5.41) is 0. The van der Waals surface area contributed by atoms with Crippen LogP contribution < -0.4 is 5.73 Å². The highest BCUT2D eigenvalue weighted by Crippen LogP contribution is 2.35. The van der Waals surface area contributed by atoms with Gasteiger partial charge in [0.05, 0.1) is 5.56 Å². The third-order valence-electron chi connectivity index (χ3n) is 2.80. The van der Waals surface area contributed by atoms with E-state index >= 15 is 0 Å². The highest BCUT2D eigenvalue weighted by atomic mass is 32.2. The number of nitrogen functional groups attached to an aromatic ring is 1. The summed E-state index contributed by atoms with van der Waals surface area (Å²) >= 11 is 1.53. The summed E-state index contributed by atoms with van der Waals surface area (Å²) in [6.07, 6.45) is -3.29. The monoisotopic (exact) mass is 277 g/mol. The second-order valence-electron chi connectivity index (χ2n) is 4.44. The Kier molecular flexibility index (Phi) is 5.38. The van der Waals surface area contributed by atoms with Gasteiger partial charge in [0.25, 0.3) is 0 Å². The van der Waals surface area contributed by atoms with Crippen molar-refractivity contribution in [2.24, 2.45) is 5.92 Å². The zero-order valence-electron chi connectivity index (χ0n) is 10.6. The van der Waals surface area contributed by atoms with Crippen molar-refractivity contribution in [1.29, 1.82) is 0 Å². The fraction of sp³-hybridized carbons (Fsp3) is 0.538. The summed E-state index contributed by atoms with van der Waals surface area (Å²) in [7, 11) is 0. The van der Waals surface area contributed by atoms with Crippen LogP contribution in [0, 0.1) is 5.92 Å². The van der Waals surface area contributed by atoms with E-state index in [9.17, 15) is 13.2 Å². The van der Waals surface area contributed by atoms with Gasteiger partial charge in [-0.05, 0) is 29.4 Å². The van der Waals surface area contributed by atoms with Crippen LogP contribution in [0.15, 0.2) is 18.2 Å². The third-order valence-corrected chi connectivity index (χ3v) is 4.12. The summed E-state index contributed by atoms with van der Waals surface area (Å²) in [4.78, 5) is 0. The number of thioether (sulfide) groups is 1. The van der Waals surface area contributed by atoms with Crippen LogP contribution in [-0.4, -0.2) is 5.75 Å². The van der Waals surface area contributed by atoms with E-state index in [2.05, 4.69) is 13.8 Å². The van der Waals surface area contributed by atoms with Gasteiger partial charge in [-0.1, -0.05) is 26.3 Å². The van der Waals surface area contributed by atoms with Crippen LogP contribution >= 0.6 is 11.8 Å². The highest BCUT2D eigenvalue weighted by Gasteiger charge is 2.33. The summed E-state index contributed by atoms with van der Waals surface area (Å²) in [5.74, 6) is 1.77. The Hall–Kier alpha value is -0.840. The van der Waals surface area contributed by atoms with Gasteiger partial charge in [0.15, 0.2) is 0 Å². The molecule has 0 spiro atoms. The Balaban J connectivity index is 2.76. The topological polar surface area (TPSA) is 26.0 Å². The number of hydrogen-bond donors (Lipinski definition) is 1. The van der Waals surface area contributed by atoms with E-state index in [1.165, 1.54) is 23.9 Å². The van der Waals surface area contributed by atoms with Crippen LogP contribution in [-0.2, 0) is 11.9 Å². The number of halogens is 3. The first-order chi connectivity index (χ1) is 8.34. The molecule has 0 bridgehead atoms. The molecule has 0 heterocycles. The molecule has 0 saturated heterocycles. The lowest BCUT2D eigenvalue weighted by Crippen LogP contribution is -2.10.